The zero-order valence-corrected chi connectivity index (χ0v) is 6.66. The van der Waals surface area contributed by atoms with Crippen LogP contribution in [0.1, 0.15) is 28.3 Å². The third-order valence-electron chi connectivity index (χ3n) is 1.40. The summed E-state index contributed by atoms with van der Waals surface area (Å²) >= 11 is 0. The Bertz CT molecular complexity index is 341. The molecule has 0 atom stereocenters. The molecule has 1 rings (SSSR count). The number of carboxylic acids is 1. The normalized spacial score (nSPS) is 10.5. The van der Waals surface area contributed by atoms with Crippen molar-refractivity contribution in [1.29, 1.82) is 0 Å². The molecule has 0 aliphatic carbocycles. The zero-order chi connectivity index (χ0) is 10.0. The summed E-state index contributed by atoms with van der Waals surface area (Å²) < 4.78 is 24.1. The number of aryl methyl sites for hydroxylation is 1. The van der Waals surface area contributed by atoms with Gasteiger partial charge in [-0.3, -0.25) is 4.98 Å². The van der Waals surface area contributed by atoms with Gasteiger partial charge in [0.05, 0.1) is 11.9 Å². The van der Waals surface area contributed by atoms with Gasteiger partial charge < -0.3 is 5.11 Å². The molecule has 0 amide bonds. The summed E-state index contributed by atoms with van der Waals surface area (Å²) in [6.07, 6.45) is -1.93. The first-order chi connectivity index (χ1) is 6.02. The van der Waals surface area contributed by atoms with Gasteiger partial charge in [-0.1, -0.05) is 0 Å². The predicted molar refractivity (Wildman–Crippen MR) is 38.7 cm³/mol. The minimum absolute atomic E-state index is 0.122. The number of aromatic carboxylic acids is 1. The van der Waals surface area contributed by atoms with Crippen LogP contribution in [0.5, 0.6) is 0 Å². The SMILES string of the molecule is Cc1ncc(C(F)F)nc1C(=O)O. The zero-order valence-electron chi connectivity index (χ0n) is 6.66. The Kier molecular flexibility index (Phi) is 2.50. The van der Waals surface area contributed by atoms with Crippen LogP contribution in [0, 0.1) is 6.92 Å². The molecule has 4 nitrogen and oxygen atoms in total. The van der Waals surface area contributed by atoms with Gasteiger partial charge in [-0.25, -0.2) is 18.6 Å². The second-order valence-corrected chi connectivity index (χ2v) is 2.33. The van der Waals surface area contributed by atoms with Crippen LogP contribution in [0.2, 0.25) is 0 Å². The van der Waals surface area contributed by atoms with Crippen LogP contribution in [0.3, 0.4) is 0 Å². The number of alkyl halides is 2. The van der Waals surface area contributed by atoms with Crippen LogP contribution in [-0.2, 0) is 0 Å². The number of hydrogen-bond donors (Lipinski definition) is 1. The summed E-state index contributed by atoms with van der Waals surface area (Å²) in [7, 11) is 0. The number of hydrogen-bond acceptors (Lipinski definition) is 3. The highest BCUT2D eigenvalue weighted by molar-refractivity contribution is 5.86. The highest BCUT2D eigenvalue weighted by atomic mass is 19.3. The molecule has 1 N–H and O–H groups in total. The molecule has 1 aromatic rings. The molecule has 0 aliphatic rings. The quantitative estimate of drug-likeness (QED) is 0.762. The molecule has 0 bridgehead atoms. The van der Waals surface area contributed by atoms with Crippen LogP contribution < -0.4 is 0 Å². The second kappa shape index (κ2) is 3.42. The van der Waals surface area contributed by atoms with Crippen molar-refractivity contribution in [2.75, 3.05) is 0 Å². The second-order valence-electron chi connectivity index (χ2n) is 2.33. The third kappa shape index (κ3) is 1.95. The lowest BCUT2D eigenvalue weighted by atomic mass is 10.3. The van der Waals surface area contributed by atoms with Crippen molar-refractivity contribution in [3.63, 3.8) is 0 Å². The van der Waals surface area contributed by atoms with Crippen LogP contribution in [0.25, 0.3) is 0 Å². The lowest BCUT2D eigenvalue weighted by Crippen LogP contribution is -2.07. The van der Waals surface area contributed by atoms with Gasteiger partial charge in [-0.05, 0) is 6.92 Å². The molecular weight excluding hydrogens is 182 g/mol. The van der Waals surface area contributed by atoms with Crippen molar-refractivity contribution in [2.45, 2.75) is 13.3 Å². The highest BCUT2D eigenvalue weighted by Crippen LogP contribution is 2.16. The third-order valence-corrected chi connectivity index (χ3v) is 1.40. The molecular formula is C7H6F2N2O2. The van der Waals surface area contributed by atoms with Crippen molar-refractivity contribution in [1.82, 2.24) is 9.97 Å². The molecule has 0 saturated carbocycles. The van der Waals surface area contributed by atoms with Gasteiger partial charge >= 0.3 is 5.97 Å². The Morgan fingerprint density at radius 2 is 2.23 bits per heavy atom. The highest BCUT2D eigenvalue weighted by Gasteiger charge is 2.15. The van der Waals surface area contributed by atoms with E-state index in [0.29, 0.717) is 0 Å². The molecule has 6 heteroatoms. The summed E-state index contributed by atoms with van der Waals surface area (Å²) in [5.74, 6) is -1.35. The van der Waals surface area contributed by atoms with E-state index in [1.807, 2.05) is 0 Å². The van der Waals surface area contributed by atoms with Crippen molar-refractivity contribution >= 4 is 5.97 Å². The molecule has 0 fully saturated rings. The summed E-state index contributed by atoms with van der Waals surface area (Å²) in [5, 5.41) is 8.52. The van der Waals surface area contributed by atoms with Gasteiger partial charge in [0.25, 0.3) is 6.43 Å². The van der Waals surface area contributed by atoms with E-state index in [-0.39, 0.29) is 5.69 Å². The van der Waals surface area contributed by atoms with Crippen LogP contribution in [-0.4, -0.2) is 21.0 Å². The summed E-state index contributed by atoms with van der Waals surface area (Å²) in [6.45, 7) is 1.39. The minimum atomic E-state index is -2.80. The number of aromatic nitrogens is 2. The predicted octanol–water partition coefficient (Wildman–Crippen LogP) is 1.42. The number of halogens is 2. The number of nitrogens with zero attached hydrogens (tertiary/aromatic N) is 2. The monoisotopic (exact) mass is 188 g/mol. The fourth-order valence-corrected chi connectivity index (χ4v) is 0.771. The van der Waals surface area contributed by atoms with Gasteiger partial charge in [-0.2, -0.15) is 0 Å². The molecule has 70 valence electrons. The molecule has 0 spiro atoms. The lowest BCUT2D eigenvalue weighted by Gasteiger charge is -2.01. The van der Waals surface area contributed by atoms with Crippen molar-refractivity contribution in [3.05, 3.63) is 23.3 Å². The molecule has 0 aliphatic heterocycles. The van der Waals surface area contributed by atoms with Crippen LogP contribution in [0.4, 0.5) is 8.78 Å². The van der Waals surface area contributed by atoms with E-state index < -0.39 is 23.8 Å². The minimum Gasteiger partial charge on any atom is -0.476 e. The molecule has 1 aromatic heterocycles. The van der Waals surface area contributed by atoms with Gasteiger partial charge in [0.15, 0.2) is 5.69 Å². The van der Waals surface area contributed by atoms with E-state index in [4.69, 9.17) is 5.11 Å². The molecule has 13 heavy (non-hydrogen) atoms. The standard InChI is InChI=1S/C7H6F2N2O2/c1-3-5(7(12)13)11-4(2-10-3)6(8)9/h2,6H,1H3,(H,12,13). The average Bonchev–Trinajstić information content (AvgIpc) is 2.04. The van der Waals surface area contributed by atoms with E-state index in [1.54, 1.807) is 0 Å². The summed E-state index contributed by atoms with van der Waals surface area (Å²) in [6, 6.07) is 0. The molecule has 0 saturated heterocycles. The topological polar surface area (TPSA) is 63.1 Å². The molecule has 0 radical (unpaired) electrons. The van der Waals surface area contributed by atoms with Gasteiger partial charge in [0.2, 0.25) is 0 Å². The van der Waals surface area contributed by atoms with E-state index >= 15 is 0 Å². The van der Waals surface area contributed by atoms with Gasteiger partial charge in [0.1, 0.15) is 5.69 Å². The van der Waals surface area contributed by atoms with Crippen LogP contribution in [0.15, 0.2) is 6.20 Å². The lowest BCUT2D eigenvalue weighted by molar-refractivity contribution is 0.0687. The molecule has 0 unspecified atom stereocenters. The Balaban J connectivity index is 3.19. The first-order valence-electron chi connectivity index (χ1n) is 3.37. The number of carbonyl (C=O) groups is 1. The van der Waals surface area contributed by atoms with Crippen LogP contribution >= 0.6 is 0 Å². The maximum atomic E-state index is 12.0. The summed E-state index contributed by atoms with van der Waals surface area (Å²) in [4.78, 5) is 17.2. The smallest absolute Gasteiger partial charge is 0.356 e. The Morgan fingerprint density at radius 3 is 2.69 bits per heavy atom. The average molecular weight is 188 g/mol. The van der Waals surface area contributed by atoms with E-state index in [1.165, 1.54) is 6.92 Å². The van der Waals surface area contributed by atoms with Gasteiger partial charge in [-0.15, -0.1) is 0 Å². The molecule has 1 heterocycles. The van der Waals surface area contributed by atoms with Crippen molar-refractivity contribution < 1.29 is 18.7 Å². The Labute approximate surface area is 72.3 Å². The van der Waals surface area contributed by atoms with Gasteiger partial charge in [0, 0.05) is 0 Å². The van der Waals surface area contributed by atoms with E-state index in [9.17, 15) is 13.6 Å². The van der Waals surface area contributed by atoms with E-state index in [0.717, 1.165) is 6.20 Å². The Hall–Kier alpha value is -1.59. The summed E-state index contributed by atoms with van der Waals surface area (Å²) in [5.41, 5.74) is -0.933. The largest absolute Gasteiger partial charge is 0.476 e. The fraction of sp³-hybridized carbons (Fsp3) is 0.286. The number of carboxylic acid groups (broad SMARTS) is 1. The maximum absolute atomic E-state index is 12.0. The maximum Gasteiger partial charge on any atom is 0.356 e. The van der Waals surface area contributed by atoms with Crippen molar-refractivity contribution in [3.8, 4) is 0 Å². The Morgan fingerprint density at radius 1 is 1.62 bits per heavy atom. The number of rotatable bonds is 2. The first kappa shape index (κ1) is 9.50. The first-order valence-corrected chi connectivity index (χ1v) is 3.37. The van der Waals surface area contributed by atoms with Crippen molar-refractivity contribution in [2.24, 2.45) is 0 Å². The molecule has 0 aromatic carbocycles. The van der Waals surface area contributed by atoms with E-state index in [2.05, 4.69) is 9.97 Å². The fourth-order valence-electron chi connectivity index (χ4n) is 0.771.